The van der Waals surface area contributed by atoms with Crippen molar-refractivity contribution in [2.24, 2.45) is 0 Å². The van der Waals surface area contributed by atoms with Crippen molar-refractivity contribution in [2.75, 3.05) is 0 Å². The zero-order valence-corrected chi connectivity index (χ0v) is 28.3. The molecule has 0 atom stereocenters. The Kier molecular flexibility index (Phi) is 25.3. The van der Waals surface area contributed by atoms with Gasteiger partial charge in [-0.1, -0.05) is 157 Å². The number of hydrogen-bond donors (Lipinski definition) is 0. The van der Waals surface area contributed by atoms with E-state index in [2.05, 4.69) is 41.5 Å². The van der Waals surface area contributed by atoms with Crippen LogP contribution >= 0.6 is 0 Å². The van der Waals surface area contributed by atoms with Crippen molar-refractivity contribution in [3.63, 3.8) is 0 Å². The van der Waals surface area contributed by atoms with Crippen molar-refractivity contribution in [2.45, 2.75) is 193 Å². The van der Waals surface area contributed by atoms with Gasteiger partial charge >= 0.3 is 10.0 Å². The van der Waals surface area contributed by atoms with E-state index < -0.39 is 16.6 Å². The van der Waals surface area contributed by atoms with Crippen LogP contribution in [0.5, 0.6) is 0 Å². The average molecular weight is 543 g/mol. The predicted octanol–water partition coefficient (Wildman–Crippen LogP) is 11.6. The second-order valence-electron chi connectivity index (χ2n) is 11.4. The quantitative estimate of drug-likeness (QED) is 0.0722. The van der Waals surface area contributed by atoms with Crippen LogP contribution in [0.25, 0.3) is 0 Å². The highest BCUT2D eigenvalue weighted by atomic mass is 28.4. The zero-order chi connectivity index (χ0) is 26.1. The molecule has 0 aliphatic carbocycles. The fourth-order valence-corrected chi connectivity index (χ4v) is 16.7. The Morgan fingerprint density at radius 1 is 0.343 bits per heavy atom. The van der Waals surface area contributed by atoms with E-state index in [1.807, 2.05) is 0 Å². The molecule has 0 heterocycles. The molecular formula is C30H66O2Si3. The monoisotopic (exact) mass is 542 g/mol. The first kappa shape index (κ1) is 35.6. The van der Waals surface area contributed by atoms with Crippen LogP contribution in [0.4, 0.5) is 0 Å². The van der Waals surface area contributed by atoms with Gasteiger partial charge in [0.15, 0.2) is 16.6 Å². The Bertz CT molecular complexity index is 343. The van der Waals surface area contributed by atoms with Crippen molar-refractivity contribution in [1.82, 2.24) is 0 Å². The van der Waals surface area contributed by atoms with Gasteiger partial charge in [-0.2, -0.15) is 0 Å². The maximum absolute atomic E-state index is 7.12. The smallest absolute Gasteiger partial charge is 0.410 e. The summed E-state index contributed by atoms with van der Waals surface area (Å²) in [6.45, 7) is 14.0. The van der Waals surface area contributed by atoms with Gasteiger partial charge in [0.2, 0.25) is 0 Å². The van der Waals surface area contributed by atoms with E-state index in [0.29, 0.717) is 10.0 Å². The zero-order valence-electron chi connectivity index (χ0n) is 25.3. The Morgan fingerprint density at radius 2 is 0.543 bits per heavy atom. The number of hydrogen-bond acceptors (Lipinski definition) is 2. The SMILES string of the molecule is CCCCC[Si](CCCCC)(CCCCC)O[Si]O[Si](CCCCC)(CCCCC)CCCCC. The third kappa shape index (κ3) is 18.5. The lowest BCUT2D eigenvalue weighted by atomic mass is 10.3. The molecule has 5 heteroatoms. The molecule has 0 aromatic rings. The van der Waals surface area contributed by atoms with Gasteiger partial charge in [-0.3, -0.25) is 0 Å². The molecule has 0 N–H and O–H groups in total. The van der Waals surface area contributed by atoms with Crippen LogP contribution in [0.2, 0.25) is 36.3 Å². The molecule has 0 aliphatic rings. The largest absolute Gasteiger partial charge is 0.434 e. The first-order valence-electron chi connectivity index (χ1n) is 16.2. The highest BCUT2D eigenvalue weighted by Gasteiger charge is 2.37. The summed E-state index contributed by atoms with van der Waals surface area (Å²) in [6.07, 6.45) is 24.3. The molecular weight excluding hydrogens is 477 g/mol. The molecule has 0 unspecified atom stereocenters. The summed E-state index contributed by atoms with van der Waals surface area (Å²) in [4.78, 5) is 0. The summed E-state index contributed by atoms with van der Waals surface area (Å²) in [5.74, 6) is 0. The van der Waals surface area contributed by atoms with Gasteiger partial charge in [0.25, 0.3) is 0 Å². The van der Waals surface area contributed by atoms with Crippen LogP contribution in [0.1, 0.15) is 157 Å². The standard InChI is InChI=1S/C30H66O2Si3/c1-7-13-19-25-34(26-20-14-8-2,27-21-15-9-3)31-33-32-35(28-22-16-10-4,29-23-17-11-5)30-24-18-12-6/h7-30H2,1-6H3. The van der Waals surface area contributed by atoms with Gasteiger partial charge in [-0.05, 0) is 36.3 Å². The Labute approximate surface area is 227 Å². The molecule has 210 valence electrons. The van der Waals surface area contributed by atoms with Crippen LogP contribution in [-0.4, -0.2) is 26.6 Å². The fourth-order valence-electron chi connectivity index (χ4n) is 5.44. The van der Waals surface area contributed by atoms with Gasteiger partial charge in [-0.15, -0.1) is 0 Å². The molecule has 0 spiro atoms. The molecule has 2 radical (unpaired) electrons. The molecule has 0 aromatic heterocycles. The third-order valence-electron chi connectivity index (χ3n) is 7.93. The summed E-state index contributed by atoms with van der Waals surface area (Å²) >= 11 is 0. The van der Waals surface area contributed by atoms with Gasteiger partial charge in [0.05, 0.1) is 0 Å². The molecule has 0 aromatic carbocycles. The Morgan fingerprint density at radius 3 is 0.714 bits per heavy atom. The van der Waals surface area contributed by atoms with Gasteiger partial charge in [-0.25, -0.2) is 0 Å². The maximum Gasteiger partial charge on any atom is 0.410 e. The van der Waals surface area contributed by atoms with Crippen molar-refractivity contribution in [3.8, 4) is 0 Å². The summed E-state index contributed by atoms with van der Waals surface area (Å²) in [6, 6.07) is 8.25. The van der Waals surface area contributed by atoms with Crippen molar-refractivity contribution < 1.29 is 8.23 Å². The van der Waals surface area contributed by atoms with E-state index in [-0.39, 0.29) is 0 Å². The van der Waals surface area contributed by atoms with E-state index in [0.717, 1.165) is 0 Å². The molecule has 0 saturated carbocycles. The van der Waals surface area contributed by atoms with Crippen LogP contribution in [0.15, 0.2) is 0 Å². The predicted molar refractivity (Wildman–Crippen MR) is 165 cm³/mol. The van der Waals surface area contributed by atoms with Crippen LogP contribution in [0, 0.1) is 0 Å². The molecule has 0 aliphatic heterocycles. The molecule has 0 rings (SSSR count). The number of rotatable bonds is 28. The Balaban J connectivity index is 5.49. The summed E-state index contributed by atoms with van der Waals surface area (Å²) in [7, 11) is -3.09. The van der Waals surface area contributed by atoms with E-state index in [9.17, 15) is 0 Å². The highest BCUT2D eigenvalue weighted by molar-refractivity contribution is 6.80. The maximum atomic E-state index is 7.12. The average Bonchev–Trinajstić information content (AvgIpc) is 2.85. The van der Waals surface area contributed by atoms with Gasteiger partial charge < -0.3 is 8.23 Å². The van der Waals surface area contributed by atoms with Crippen LogP contribution in [0.3, 0.4) is 0 Å². The van der Waals surface area contributed by atoms with E-state index in [1.165, 1.54) is 152 Å². The minimum absolute atomic E-state index is 0.330. The minimum Gasteiger partial charge on any atom is -0.434 e. The Hall–Kier alpha value is 0.571. The minimum atomic E-state index is -1.71. The first-order chi connectivity index (χ1) is 17.1. The molecule has 0 bridgehead atoms. The van der Waals surface area contributed by atoms with Gasteiger partial charge in [0, 0.05) is 0 Å². The van der Waals surface area contributed by atoms with Gasteiger partial charge in [0.1, 0.15) is 0 Å². The first-order valence-corrected chi connectivity index (χ1v) is 22.1. The van der Waals surface area contributed by atoms with Crippen molar-refractivity contribution >= 4 is 26.6 Å². The normalized spacial score (nSPS) is 12.5. The summed E-state index contributed by atoms with van der Waals surface area (Å²) in [5.41, 5.74) is 0. The molecule has 0 saturated heterocycles. The second kappa shape index (κ2) is 24.9. The topological polar surface area (TPSA) is 18.5 Å². The highest BCUT2D eigenvalue weighted by Crippen LogP contribution is 2.33. The number of unbranched alkanes of at least 4 members (excludes halogenated alkanes) is 12. The van der Waals surface area contributed by atoms with E-state index in [4.69, 9.17) is 8.23 Å². The van der Waals surface area contributed by atoms with E-state index >= 15 is 0 Å². The van der Waals surface area contributed by atoms with Crippen LogP contribution in [-0.2, 0) is 8.23 Å². The summed E-state index contributed by atoms with van der Waals surface area (Å²) in [5, 5.41) is 0. The lowest BCUT2D eigenvalue weighted by Crippen LogP contribution is -2.45. The molecule has 0 amide bonds. The second-order valence-corrected chi connectivity index (χ2v) is 20.9. The van der Waals surface area contributed by atoms with Crippen LogP contribution < -0.4 is 0 Å². The van der Waals surface area contributed by atoms with Crippen molar-refractivity contribution in [1.29, 1.82) is 0 Å². The summed E-state index contributed by atoms with van der Waals surface area (Å²) < 4.78 is 14.2. The van der Waals surface area contributed by atoms with Crippen molar-refractivity contribution in [3.05, 3.63) is 0 Å². The lowest BCUT2D eigenvalue weighted by Gasteiger charge is -2.36. The molecule has 35 heavy (non-hydrogen) atoms. The fraction of sp³-hybridized carbons (Fsp3) is 1.00. The third-order valence-corrected chi connectivity index (χ3v) is 19.7. The molecule has 0 fully saturated rings. The lowest BCUT2D eigenvalue weighted by molar-refractivity contribution is 0.419. The molecule has 2 nitrogen and oxygen atoms in total. The van der Waals surface area contributed by atoms with E-state index in [1.54, 1.807) is 0 Å².